The predicted octanol–water partition coefficient (Wildman–Crippen LogP) is 2.59. The summed E-state index contributed by atoms with van der Waals surface area (Å²) in [4.78, 5) is 17.3. The molecular formula is C24H31N3O5S. The van der Waals surface area contributed by atoms with Gasteiger partial charge in [0.05, 0.1) is 20.3 Å². The molecule has 0 saturated carbocycles. The Hall–Kier alpha value is -2.62. The van der Waals surface area contributed by atoms with Gasteiger partial charge in [-0.1, -0.05) is 18.2 Å². The average Bonchev–Trinajstić information content (AvgIpc) is 3.39. The van der Waals surface area contributed by atoms with Gasteiger partial charge in [-0.2, -0.15) is 4.31 Å². The Morgan fingerprint density at radius 3 is 2.45 bits per heavy atom. The number of anilines is 1. The highest BCUT2D eigenvalue weighted by atomic mass is 32.2. The van der Waals surface area contributed by atoms with Crippen molar-refractivity contribution in [2.75, 3.05) is 58.5 Å². The van der Waals surface area contributed by atoms with E-state index in [1.54, 1.807) is 24.1 Å². The second-order valence-corrected chi connectivity index (χ2v) is 10.3. The van der Waals surface area contributed by atoms with Crippen LogP contribution in [-0.4, -0.2) is 77.1 Å². The molecule has 0 unspecified atom stereocenters. The number of carbonyl (C=O) groups excluding carboxylic acids is 1. The number of hydrogen-bond donors (Lipinski definition) is 0. The van der Waals surface area contributed by atoms with Crippen molar-refractivity contribution in [3.63, 3.8) is 0 Å². The topological polar surface area (TPSA) is 79.4 Å². The van der Waals surface area contributed by atoms with Crippen molar-refractivity contribution in [1.82, 2.24) is 9.21 Å². The predicted molar refractivity (Wildman–Crippen MR) is 126 cm³/mol. The fraction of sp³-hybridized carbons (Fsp3) is 0.458. The molecule has 33 heavy (non-hydrogen) atoms. The molecule has 2 aliphatic rings. The van der Waals surface area contributed by atoms with Gasteiger partial charge in [0.1, 0.15) is 10.6 Å². The molecule has 0 N–H and O–H groups in total. The quantitative estimate of drug-likeness (QED) is 0.615. The number of nitrogens with zero attached hydrogens (tertiary/aromatic N) is 3. The molecule has 0 spiro atoms. The third-order valence-corrected chi connectivity index (χ3v) is 8.11. The molecule has 2 aromatic rings. The van der Waals surface area contributed by atoms with E-state index < -0.39 is 10.0 Å². The van der Waals surface area contributed by atoms with Crippen molar-refractivity contribution >= 4 is 21.6 Å². The lowest BCUT2D eigenvalue weighted by atomic mass is 10.1. The Bertz CT molecular complexity index is 1090. The Balaban J connectivity index is 1.58. The lowest BCUT2D eigenvalue weighted by Crippen LogP contribution is -2.40. The minimum Gasteiger partial charge on any atom is -0.495 e. The van der Waals surface area contributed by atoms with E-state index in [4.69, 9.17) is 9.47 Å². The van der Waals surface area contributed by atoms with Crippen molar-refractivity contribution in [3.8, 4) is 5.75 Å². The average molecular weight is 474 g/mol. The van der Waals surface area contributed by atoms with Crippen LogP contribution >= 0.6 is 0 Å². The largest absolute Gasteiger partial charge is 0.495 e. The van der Waals surface area contributed by atoms with Gasteiger partial charge in [0.25, 0.3) is 5.91 Å². The summed E-state index contributed by atoms with van der Waals surface area (Å²) in [6, 6.07) is 12.7. The molecule has 2 aliphatic heterocycles. The maximum Gasteiger partial charge on any atom is 0.253 e. The number of morpholine rings is 1. The van der Waals surface area contributed by atoms with E-state index in [1.807, 2.05) is 18.2 Å². The summed E-state index contributed by atoms with van der Waals surface area (Å²) in [5, 5.41) is 0. The first-order valence-electron chi connectivity index (χ1n) is 11.3. The smallest absolute Gasteiger partial charge is 0.253 e. The van der Waals surface area contributed by atoms with Crippen LogP contribution in [0.4, 0.5) is 5.69 Å². The van der Waals surface area contributed by atoms with E-state index in [-0.39, 0.29) is 29.6 Å². The van der Waals surface area contributed by atoms with Gasteiger partial charge in [-0.3, -0.25) is 4.79 Å². The number of rotatable bonds is 7. The third kappa shape index (κ3) is 5.00. The maximum atomic E-state index is 13.3. The molecule has 9 heteroatoms. The molecule has 0 bridgehead atoms. The van der Waals surface area contributed by atoms with Crippen molar-refractivity contribution in [3.05, 3.63) is 53.6 Å². The van der Waals surface area contributed by atoms with Gasteiger partial charge in [0, 0.05) is 51.0 Å². The molecule has 2 heterocycles. The van der Waals surface area contributed by atoms with Crippen LogP contribution in [0.1, 0.15) is 28.8 Å². The van der Waals surface area contributed by atoms with E-state index in [0.29, 0.717) is 25.3 Å². The summed E-state index contributed by atoms with van der Waals surface area (Å²) in [7, 11) is -0.646. The number of carbonyl (C=O) groups is 1. The molecular weight excluding hydrogens is 442 g/mol. The van der Waals surface area contributed by atoms with E-state index in [9.17, 15) is 13.2 Å². The van der Waals surface area contributed by atoms with Gasteiger partial charge in [0.15, 0.2) is 0 Å². The molecule has 1 amide bonds. The second kappa shape index (κ2) is 10.1. The molecule has 178 valence electrons. The lowest BCUT2D eigenvalue weighted by molar-refractivity contribution is 0.0729. The monoisotopic (exact) mass is 473 g/mol. The first-order chi connectivity index (χ1) is 15.9. The van der Waals surface area contributed by atoms with Crippen LogP contribution in [0.3, 0.4) is 0 Å². The fourth-order valence-corrected chi connectivity index (χ4v) is 5.99. The number of benzene rings is 2. The van der Waals surface area contributed by atoms with Gasteiger partial charge >= 0.3 is 0 Å². The van der Waals surface area contributed by atoms with Gasteiger partial charge in [-0.05, 0) is 42.7 Å². The van der Waals surface area contributed by atoms with E-state index in [1.165, 1.54) is 30.3 Å². The molecule has 0 aliphatic carbocycles. The molecule has 0 atom stereocenters. The minimum atomic E-state index is -3.81. The van der Waals surface area contributed by atoms with Crippen molar-refractivity contribution in [2.24, 2.45) is 0 Å². The van der Waals surface area contributed by atoms with E-state index >= 15 is 0 Å². The number of amides is 1. The normalized spacial score (nSPS) is 17.2. The molecule has 0 aromatic heterocycles. The van der Waals surface area contributed by atoms with E-state index in [2.05, 4.69) is 11.0 Å². The molecule has 0 radical (unpaired) electrons. The SMILES string of the molecule is COc1ccc(C(=O)N(C)Cc2ccccc2N2CCCC2)cc1S(=O)(=O)N1CCOCC1. The summed E-state index contributed by atoms with van der Waals surface area (Å²) >= 11 is 0. The highest BCUT2D eigenvalue weighted by molar-refractivity contribution is 7.89. The first-order valence-corrected chi connectivity index (χ1v) is 12.7. The molecule has 2 fully saturated rings. The highest BCUT2D eigenvalue weighted by Gasteiger charge is 2.30. The molecule has 2 saturated heterocycles. The summed E-state index contributed by atoms with van der Waals surface area (Å²) in [5.74, 6) is -0.0209. The van der Waals surface area contributed by atoms with Crippen LogP contribution in [0, 0.1) is 0 Å². The van der Waals surface area contributed by atoms with Crippen LogP contribution in [0.25, 0.3) is 0 Å². The van der Waals surface area contributed by atoms with Crippen LogP contribution in [-0.2, 0) is 21.3 Å². The van der Waals surface area contributed by atoms with Crippen LogP contribution < -0.4 is 9.64 Å². The number of methoxy groups -OCH3 is 1. The first kappa shape index (κ1) is 23.5. The lowest BCUT2D eigenvalue weighted by Gasteiger charge is -2.27. The minimum absolute atomic E-state index is 0.00335. The molecule has 4 rings (SSSR count). The number of hydrogen-bond acceptors (Lipinski definition) is 6. The summed E-state index contributed by atoms with van der Waals surface area (Å²) < 4.78 is 38.5. The summed E-state index contributed by atoms with van der Waals surface area (Å²) in [5.41, 5.74) is 2.54. The van der Waals surface area contributed by atoms with Gasteiger partial charge in [-0.25, -0.2) is 8.42 Å². The zero-order chi connectivity index (χ0) is 23.4. The van der Waals surface area contributed by atoms with Crippen LogP contribution in [0.2, 0.25) is 0 Å². The second-order valence-electron chi connectivity index (χ2n) is 8.37. The Labute approximate surface area is 195 Å². The van der Waals surface area contributed by atoms with Crippen molar-refractivity contribution < 1.29 is 22.7 Å². The number of ether oxygens (including phenoxy) is 2. The zero-order valence-electron chi connectivity index (χ0n) is 19.2. The number of sulfonamides is 1. The van der Waals surface area contributed by atoms with Crippen molar-refractivity contribution in [1.29, 1.82) is 0 Å². The summed E-state index contributed by atoms with van der Waals surface area (Å²) in [6.07, 6.45) is 2.35. The third-order valence-electron chi connectivity index (χ3n) is 6.19. The van der Waals surface area contributed by atoms with Gasteiger partial charge < -0.3 is 19.3 Å². The van der Waals surface area contributed by atoms with E-state index in [0.717, 1.165) is 24.3 Å². The van der Waals surface area contributed by atoms with Gasteiger partial charge in [-0.15, -0.1) is 0 Å². The van der Waals surface area contributed by atoms with Crippen LogP contribution in [0.15, 0.2) is 47.4 Å². The Morgan fingerprint density at radius 2 is 1.76 bits per heavy atom. The molecule has 8 nitrogen and oxygen atoms in total. The highest BCUT2D eigenvalue weighted by Crippen LogP contribution is 2.30. The van der Waals surface area contributed by atoms with Crippen LogP contribution in [0.5, 0.6) is 5.75 Å². The zero-order valence-corrected chi connectivity index (χ0v) is 20.0. The summed E-state index contributed by atoms with van der Waals surface area (Å²) in [6.45, 7) is 3.72. The fourth-order valence-electron chi connectivity index (χ4n) is 4.40. The van der Waals surface area contributed by atoms with Gasteiger partial charge in [0.2, 0.25) is 10.0 Å². The standard InChI is InChI=1S/C24H31N3O5S/c1-25(18-20-7-3-4-8-21(20)26-11-5-6-12-26)24(28)19-9-10-22(31-2)23(17-19)33(29,30)27-13-15-32-16-14-27/h3-4,7-10,17H,5-6,11-16,18H2,1-2H3. The number of para-hydroxylation sites is 1. The molecule has 2 aromatic carbocycles. The Morgan fingerprint density at radius 1 is 1.06 bits per heavy atom. The Kier molecular flexibility index (Phi) is 7.21. The maximum absolute atomic E-state index is 13.3. The van der Waals surface area contributed by atoms with Crippen molar-refractivity contribution in [2.45, 2.75) is 24.3 Å².